The van der Waals surface area contributed by atoms with Gasteiger partial charge in [-0.1, -0.05) is 6.42 Å². The van der Waals surface area contributed by atoms with E-state index in [0.29, 0.717) is 23.9 Å². The third kappa shape index (κ3) is 4.91. The van der Waals surface area contributed by atoms with Gasteiger partial charge < -0.3 is 15.4 Å². The van der Waals surface area contributed by atoms with Crippen molar-refractivity contribution < 1.29 is 4.74 Å². The smallest absolute Gasteiger partial charge is 0.323 e. The molecule has 1 aliphatic carbocycles. The van der Waals surface area contributed by atoms with E-state index in [0.717, 1.165) is 18.1 Å². The Labute approximate surface area is 130 Å². The van der Waals surface area contributed by atoms with E-state index >= 15 is 0 Å². The molecule has 1 saturated carbocycles. The molecule has 7 heteroatoms. The van der Waals surface area contributed by atoms with Gasteiger partial charge in [0, 0.05) is 18.3 Å². The second-order valence-corrected chi connectivity index (χ2v) is 6.69. The van der Waals surface area contributed by atoms with E-state index in [9.17, 15) is 0 Å². The molecule has 1 heterocycles. The number of nitrogens with zero attached hydrogens (tertiary/aromatic N) is 3. The fourth-order valence-corrected chi connectivity index (χ4v) is 3.30. The number of anilines is 2. The molecule has 2 atom stereocenters. The Morgan fingerprint density at radius 1 is 1.19 bits per heavy atom. The molecule has 0 amide bonds. The number of nitrogens with one attached hydrogen (secondary N) is 2. The van der Waals surface area contributed by atoms with Crippen molar-refractivity contribution in [3.63, 3.8) is 0 Å². The summed E-state index contributed by atoms with van der Waals surface area (Å²) in [6.07, 6.45) is 7.10. The highest BCUT2D eigenvalue weighted by Crippen LogP contribution is 2.28. The predicted molar refractivity (Wildman–Crippen MR) is 88.3 cm³/mol. The van der Waals surface area contributed by atoms with Crippen LogP contribution in [0.5, 0.6) is 6.01 Å². The number of ether oxygens (including phenoxy) is 1. The first-order chi connectivity index (χ1) is 10.1. The summed E-state index contributed by atoms with van der Waals surface area (Å²) in [5, 5.41) is 7.12. The van der Waals surface area contributed by atoms with Gasteiger partial charge in [-0.3, -0.25) is 0 Å². The second kappa shape index (κ2) is 7.68. The highest BCUT2D eigenvalue weighted by molar-refractivity contribution is 7.99. The summed E-state index contributed by atoms with van der Waals surface area (Å²) in [6, 6.07) is 0.791. The van der Waals surface area contributed by atoms with Crippen LogP contribution in [0.3, 0.4) is 0 Å². The molecule has 0 radical (unpaired) electrons. The quantitative estimate of drug-likeness (QED) is 0.837. The first-order valence-corrected chi connectivity index (χ1v) is 8.79. The van der Waals surface area contributed by atoms with Gasteiger partial charge in [-0.2, -0.15) is 26.7 Å². The SMILES string of the molecule is CNc1nc(NC2CCCC(SC)C2)nc(OC(C)C)n1. The summed E-state index contributed by atoms with van der Waals surface area (Å²) in [7, 11) is 1.79. The van der Waals surface area contributed by atoms with Crippen LogP contribution in [0.2, 0.25) is 0 Å². The van der Waals surface area contributed by atoms with Crippen LogP contribution >= 0.6 is 11.8 Å². The molecule has 1 aromatic heterocycles. The van der Waals surface area contributed by atoms with Crippen molar-refractivity contribution in [1.82, 2.24) is 15.0 Å². The summed E-state index contributed by atoms with van der Waals surface area (Å²) < 4.78 is 5.58. The van der Waals surface area contributed by atoms with Crippen molar-refractivity contribution in [2.75, 3.05) is 23.9 Å². The topological polar surface area (TPSA) is 72.0 Å². The average Bonchev–Trinajstić information content (AvgIpc) is 2.46. The van der Waals surface area contributed by atoms with E-state index in [1.165, 1.54) is 12.8 Å². The second-order valence-electron chi connectivity index (χ2n) is 5.55. The molecule has 0 spiro atoms. The van der Waals surface area contributed by atoms with Gasteiger partial charge >= 0.3 is 6.01 Å². The van der Waals surface area contributed by atoms with Gasteiger partial charge in [0.1, 0.15) is 0 Å². The Balaban J connectivity index is 2.07. The molecular formula is C14H25N5OS. The van der Waals surface area contributed by atoms with Crippen molar-refractivity contribution in [1.29, 1.82) is 0 Å². The van der Waals surface area contributed by atoms with Gasteiger partial charge in [0.25, 0.3) is 0 Å². The summed E-state index contributed by atoms with van der Waals surface area (Å²) in [5.74, 6) is 1.12. The predicted octanol–water partition coefficient (Wildman–Crippen LogP) is 2.79. The van der Waals surface area contributed by atoms with Gasteiger partial charge in [0.05, 0.1) is 6.10 Å². The maximum absolute atomic E-state index is 5.58. The number of thioether (sulfide) groups is 1. The van der Waals surface area contributed by atoms with Crippen LogP contribution < -0.4 is 15.4 Å². The van der Waals surface area contributed by atoms with E-state index in [1.807, 2.05) is 25.6 Å². The Bertz CT molecular complexity index is 457. The van der Waals surface area contributed by atoms with Crippen molar-refractivity contribution >= 4 is 23.7 Å². The Morgan fingerprint density at radius 2 is 1.95 bits per heavy atom. The van der Waals surface area contributed by atoms with E-state index in [-0.39, 0.29) is 6.10 Å². The molecule has 0 aliphatic heterocycles. The molecule has 2 unspecified atom stereocenters. The lowest BCUT2D eigenvalue weighted by atomic mass is 9.95. The Morgan fingerprint density at radius 3 is 2.62 bits per heavy atom. The Hall–Kier alpha value is -1.24. The normalized spacial score (nSPS) is 22.1. The monoisotopic (exact) mass is 311 g/mol. The molecule has 1 aromatic rings. The van der Waals surface area contributed by atoms with Crippen LogP contribution in [0.25, 0.3) is 0 Å². The van der Waals surface area contributed by atoms with Crippen LogP contribution in [0, 0.1) is 0 Å². The lowest BCUT2D eigenvalue weighted by molar-refractivity contribution is 0.222. The van der Waals surface area contributed by atoms with Crippen LogP contribution in [-0.2, 0) is 0 Å². The molecule has 2 N–H and O–H groups in total. The first kappa shape index (κ1) is 16.1. The summed E-state index contributed by atoms with van der Waals surface area (Å²) in [4.78, 5) is 13.0. The van der Waals surface area contributed by atoms with Crippen LogP contribution in [0.15, 0.2) is 0 Å². The number of hydrogen-bond donors (Lipinski definition) is 2. The molecule has 0 saturated heterocycles. The van der Waals surface area contributed by atoms with Crippen LogP contribution in [-0.4, -0.2) is 45.7 Å². The van der Waals surface area contributed by atoms with Gasteiger partial charge in [-0.15, -0.1) is 0 Å². The fraction of sp³-hybridized carbons (Fsp3) is 0.786. The maximum Gasteiger partial charge on any atom is 0.323 e. The molecule has 0 bridgehead atoms. The average molecular weight is 311 g/mol. The molecular weight excluding hydrogens is 286 g/mol. The lowest BCUT2D eigenvalue weighted by Crippen LogP contribution is -2.29. The zero-order valence-corrected chi connectivity index (χ0v) is 14.0. The zero-order chi connectivity index (χ0) is 15.2. The molecule has 21 heavy (non-hydrogen) atoms. The molecule has 2 rings (SSSR count). The lowest BCUT2D eigenvalue weighted by Gasteiger charge is -2.28. The molecule has 1 fully saturated rings. The third-order valence-corrected chi connectivity index (χ3v) is 4.57. The minimum Gasteiger partial charge on any atom is -0.461 e. The van der Waals surface area contributed by atoms with Gasteiger partial charge in [0.15, 0.2) is 0 Å². The van der Waals surface area contributed by atoms with E-state index in [1.54, 1.807) is 7.05 Å². The van der Waals surface area contributed by atoms with E-state index in [4.69, 9.17) is 4.74 Å². The molecule has 6 nitrogen and oxygen atoms in total. The largest absolute Gasteiger partial charge is 0.461 e. The van der Waals surface area contributed by atoms with Crippen molar-refractivity contribution in [2.24, 2.45) is 0 Å². The number of hydrogen-bond acceptors (Lipinski definition) is 7. The van der Waals surface area contributed by atoms with Gasteiger partial charge in [-0.05, 0) is 39.4 Å². The van der Waals surface area contributed by atoms with Crippen molar-refractivity contribution in [3.05, 3.63) is 0 Å². The standard InChI is InChI=1S/C14H25N5OS/c1-9(2)20-14-18-12(15-3)17-13(19-14)16-10-6-5-7-11(8-10)21-4/h9-11H,5-8H2,1-4H3,(H2,15,16,17,18,19). The molecule has 118 valence electrons. The summed E-state index contributed by atoms with van der Waals surface area (Å²) in [5.41, 5.74) is 0. The van der Waals surface area contributed by atoms with Crippen molar-refractivity contribution in [3.8, 4) is 6.01 Å². The summed E-state index contributed by atoms with van der Waals surface area (Å²) >= 11 is 1.95. The summed E-state index contributed by atoms with van der Waals surface area (Å²) in [6.45, 7) is 3.92. The van der Waals surface area contributed by atoms with Gasteiger partial charge in [-0.25, -0.2) is 0 Å². The molecule has 0 aromatic carbocycles. The zero-order valence-electron chi connectivity index (χ0n) is 13.2. The fourth-order valence-electron chi connectivity index (χ4n) is 2.47. The highest BCUT2D eigenvalue weighted by Gasteiger charge is 2.22. The molecule has 1 aliphatic rings. The van der Waals surface area contributed by atoms with E-state index < -0.39 is 0 Å². The highest BCUT2D eigenvalue weighted by atomic mass is 32.2. The Kier molecular flexibility index (Phi) is 5.90. The van der Waals surface area contributed by atoms with Crippen LogP contribution in [0.4, 0.5) is 11.9 Å². The van der Waals surface area contributed by atoms with Gasteiger partial charge in [0.2, 0.25) is 11.9 Å². The number of rotatable bonds is 6. The minimum atomic E-state index is 0.0421. The van der Waals surface area contributed by atoms with Crippen molar-refractivity contribution in [2.45, 2.75) is 56.9 Å². The third-order valence-electron chi connectivity index (χ3n) is 3.47. The van der Waals surface area contributed by atoms with Crippen LogP contribution in [0.1, 0.15) is 39.5 Å². The number of aromatic nitrogens is 3. The first-order valence-electron chi connectivity index (χ1n) is 7.50. The minimum absolute atomic E-state index is 0.0421. The van der Waals surface area contributed by atoms with E-state index in [2.05, 4.69) is 31.8 Å². The maximum atomic E-state index is 5.58.